The minimum atomic E-state index is -1.26. The third-order valence-electron chi connectivity index (χ3n) is 6.05. The standard InChI is InChI=1S/C22H30N4O5S2.C5H5N/c1-7-23-17(27)15(18(28)24(8-2)21(23)32)13(6)12-14(31-11-5)16-19(29)25(9-3)22(33)26(10-4)20(16)30;1-2-4-6-5-3-1/h12,16H,7-11H2,1-6H3;1-5H/b14-12-;. The minimum absolute atomic E-state index is 0.0664. The van der Waals surface area contributed by atoms with Gasteiger partial charge in [-0.05, 0) is 89.8 Å². The molecule has 0 unspecified atom stereocenters. The van der Waals surface area contributed by atoms with Gasteiger partial charge in [0, 0.05) is 38.6 Å². The maximum Gasteiger partial charge on any atom is 0.265 e. The molecule has 2 aliphatic heterocycles. The van der Waals surface area contributed by atoms with E-state index in [2.05, 4.69) is 4.98 Å². The Labute approximate surface area is 240 Å². The van der Waals surface area contributed by atoms with Crippen molar-refractivity contribution in [2.75, 3.05) is 32.8 Å². The van der Waals surface area contributed by atoms with Gasteiger partial charge in [-0.1, -0.05) is 6.07 Å². The van der Waals surface area contributed by atoms with Crippen LogP contribution in [0.5, 0.6) is 0 Å². The molecule has 0 aliphatic carbocycles. The quantitative estimate of drug-likeness (QED) is 0.154. The highest BCUT2D eigenvalue weighted by Crippen LogP contribution is 2.28. The van der Waals surface area contributed by atoms with Crippen molar-refractivity contribution in [1.29, 1.82) is 0 Å². The van der Waals surface area contributed by atoms with Crippen LogP contribution in [-0.4, -0.2) is 91.2 Å². The first-order valence-electron chi connectivity index (χ1n) is 12.8. The van der Waals surface area contributed by atoms with Crippen molar-refractivity contribution in [3.63, 3.8) is 0 Å². The fourth-order valence-corrected chi connectivity index (χ4v) is 4.99. The van der Waals surface area contributed by atoms with Gasteiger partial charge >= 0.3 is 0 Å². The summed E-state index contributed by atoms with van der Waals surface area (Å²) < 4.78 is 5.72. The van der Waals surface area contributed by atoms with Crippen molar-refractivity contribution < 1.29 is 23.9 Å². The zero-order valence-corrected chi connectivity index (χ0v) is 24.8. The highest BCUT2D eigenvalue weighted by molar-refractivity contribution is 7.80. The third-order valence-corrected chi connectivity index (χ3v) is 6.93. The van der Waals surface area contributed by atoms with Gasteiger partial charge in [0.1, 0.15) is 11.3 Å². The predicted molar refractivity (Wildman–Crippen MR) is 155 cm³/mol. The average Bonchev–Trinajstić information content (AvgIpc) is 2.91. The lowest BCUT2D eigenvalue weighted by Crippen LogP contribution is -2.59. The van der Waals surface area contributed by atoms with E-state index in [1.807, 2.05) is 18.2 Å². The van der Waals surface area contributed by atoms with Crippen LogP contribution in [0.15, 0.2) is 53.6 Å². The van der Waals surface area contributed by atoms with Crippen molar-refractivity contribution >= 4 is 58.3 Å². The van der Waals surface area contributed by atoms with Crippen molar-refractivity contribution in [2.45, 2.75) is 41.5 Å². The summed E-state index contributed by atoms with van der Waals surface area (Å²) in [6.45, 7) is 11.7. The lowest BCUT2D eigenvalue weighted by Gasteiger charge is -2.39. The number of rotatable bonds is 8. The van der Waals surface area contributed by atoms with Crippen LogP contribution in [0.3, 0.4) is 0 Å². The number of hydrogen-bond donors (Lipinski definition) is 0. The summed E-state index contributed by atoms with van der Waals surface area (Å²) in [5.41, 5.74) is 0.211. The first kappa shape index (κ1) is 31.7. The topological polar surface area (TPSA) is 103 Å². The van der Waals surface area contributed by atoms with Crippen molar-refractivity contribution in [2.24, 2.45) is 5.92 Å². The maximum absolute atomic E-state index is 13.2. The Balaban J connectivity index is 0.000000780. The van der Waals surface area contributed by atoms with E-state index in [4.69, 9.17) is 29.2 Å². The van der Waals surface area contributed by atoms with Crippen molar-refractivity contribution in [3.05, 3.63) is 53.6 Å². The normalized spacial score (nSPS) is 17.1. The summed E-state index contributed by atoms with van der Waals surface area (Å²) in [5.74, 6) is -3.22. The zero-order valence-electron chi connectivity index (χ0n) is 23.2. The van der Waals surface area contributed by atoms with E-state index in [0.717, 1.165) is 0 Å². The fourth-order valence-electron chi connectivity index (χ4n) is 4.13. The second kappa shape index (κ2) is 14.6. The molecule has 0 aromatic carbocycles. The van der Waals surface area contributed by atoms with Gasteiger partial charge in [-0.25, -0.2) is 0 Å². The number of allylic oxidation sites excluding steroid dienone is 2. The van der Waals surface area contributed by atoms with Crippen LogP contribution in [0.4, 0.5) is 0 Å². The Bertz CT molecular complexity index is 1100. The largest absolute Gasteiger partial charge is 0.497 e. The van der Waals surface area contributed by atoms with E-state index in [1.54, 1.807) is 53.9 Å². The number of carbonyl (C=O) groups is 4. The van der Waals surface area contributed by atoms with Gasteiger partial charge in [-0.3, -0.25) is 43.8 Å². The Hall–Kier alpha value is -3.51. The molecule has 0 bridgehead atoms. The van der Waals surface area contributed by atoms with E-state index in [9.17, 15) is 19.2 Å². The molecule has 3 rings (SSSR count). The van der Waals surface area contributed by atoms with Gasteiger partial charge in [-0.15, -0.1) is 0 Å². The second-order valence-electron chi connectivity index (χ2n) is 8.32. The third kappa shape index (κ3) is 6.74. The van der Waals surface area contributed by atoms with Crippen molar-refractivity contribution in [1.82, 2.24) is 24.6 Å². The van der Waals surface area contributed by atoms with Crippen LogP contribution in [-0.2, 0) is 23.9 Å². The molecule has 1 aromatic rings. The number of thiocarbonyl (C=S) groups is 2. The summed E-state index contributed by atoms with van der Waals surface area (Å²) in [7, 11) is 0. The molecule has 12 heteroatoms. The molecule has 0 radical (unpaired) electrons. The molecule has 0 N–H and O–H groups in total. The molecule has 0 saturated carbocycles. The number of amides is 4. The average molecular weight is 574 g/mol. The molecular formula is C27H35N5O5S2. The molecule has 3 heterocycles. The predicted octanol–water partition coefficient (Wildman–Crippen LogP) is 2.91. The number of nitrogens with zero attached hydrogens (tertiary/aromatic N) is 5. The SMILES string of the molecule is CCO/C(=C\C(C)=C1C(=O)N(CC)C(=S)N(CC)C1=O)C1C(=O)N(CC)C(=S)N(CC)C1=O.c1ccncc1. The summed E-state index contributed by atoms with van der Waals surface area (Å²) in [5, 5.41) is 0.310. The molecule has 1 aromatic heterocycles. The number of carbonyl (C=O) groups excluding carboxylic acids is 4. The first-order chi connectivity index (χ1) is 18.6. The highest BCUT2D eigenvalue weighted by Gasteiger charge is 2.46. The van der Waals surface area contributed by atoms with Crippen molar-refractivity contribution in [3.8, 4) is 0 Å². The van der Waals surface area contributed by atoms with E-state index < -0.39 is 29.5 Å². The summed E-state index contributed by atoms with van der Waals surface area (Å²) >= 11 is 10.6. The molecule has 39 heavy (non-hydrogen) atoms. The first-order valence-corrected chi connectivity index (χ1v) is 13.7. The van der Waals surface area contributed by atoms with Gasteiger partial charge < -0.3 is 4.74 Å². The maximum atomic E-state index is 13.2. The Morgan fingerprint density at radius 1 is 0.795 bits per heavy atom. The summed E-state index contributed by atoms with van der Waals surface area (Å²) in [4.78, 5) is 61.6. The van der Waals surface area contributed by atoms with Gasteiger partial charge in [0.05, 0.1) is 6.61 Å². The van der Waals surface area contributed by atoms with Crippen LogP contribution in [0.1, 0.15) is 41.5 Å². The number of aromatic nitrogens is 1. The summed E-state index contributed by atoms with van der Waals surface area (Å²) in [6, 6.07) is 5.72. The number of ether oxygens (including phenoxy) is 1. The second-order valence-corrected chi connectivity index (χ2v) is 9.05. The molecule has 10 nitrogen and oxygen atoms in total. The minimum Gasteiger partial charge on any atom is -0.497 e. The molecule has 2 saturated heterocycles. The number of pyridine rings is 1. The van der Waals surface area contributed by atoms with Gasteiger partial charge in [0.15, 0.2) is 16.1 Å². The van der Waals surface area contributed by atoms with Gasteiger partial charge in [-0.2, -0.15) is 0 Å². The lowest BCUT2D eigenvalue weighted by molar-refractivity contribution is -0.146. The summed E-state index contributed by atoms with van der Waals surface area (Å²) in [6.07, 6.45) is 4.93. The smallest absolute Gasteiger partial charge is 0.265 e. The molecular weight excluding hydrogens is 538 g/mol. The lowest BCUT2D eigenvalue weighted by atomic mass is 9.97. The van der Waals surface area contributed by atoms with Gasteiger partial charge in [0.2, 0.25) is 11.8 Å². The van der Waals surface area contributed by atoms with Crippen LogP contribution in [0.2, 0.25) is 0 Å². The molecule has 0 atom stereocenters. The number of hydrogen-bond acceptors (Lipinski definition) is 8. The fraction of sp³-hybridized carbons (Fsp3) is 0.444. The Morgan fingerprint density at radius 2 is 1.23 bits per heavy atom. The zero-order chi connectivity index (χ0) is 29.3. The molecule has 4 amide bonds. The molecule has 2 fully saturated rings. The van der Waals surface area contributed by atoms with Crippen LogP contribution in [0.25, 0.3) is 0 Å². The van der Waals surface area contributed by atoms with Gasteiger partial charge in [0.25, 0.3) is 11.8 Å². The molecule has 210 valence electrons. The number of likely N-dealkylation sites (N-methyl/N-ethyl adjacent to an activating group) is 2. The van der Waals surface area contributed by atoms with E-state index in [0.29, 0.717) is 26.2 Å². The highest BCUT2D eigenvalue weighted by atomic mass is 32.1. The van der Waals surface area contributed by atoms with E-state index >= 15 is 0 Å². The Morgan fingerprint density at radius 3 is 1.56 bits per heavy atom. The Kier molecular flexibility index (Phi) is 11.9. The van der Waals surface area contributed by atoms with E-state index in [-0.39, 0.29) is 33.7 Å². The van der Waals surface area contributed by atoms with Crippen LogP contribution in [0, 0.1) is 5.92 Å². The van der Waals surface area contributed by atoms with Crippen LogP contribution < -0.4 is 0 Å². The van der Waals surface area contributed by atoms with Crippen LogP contribution >= 0.6 is 24.4 Å². The van der Waals surface area contributed by atoms with E-state index in [1.165, 1.54) is 25.7 Å². The molecule has 2 aliphatic rings. The molecule has 0 spiro atoms. The monoisotopic (exact) mass is 573 g/mol.